The zero-order valence-electron chi connectivity index (χ0n) is 12.5. The lowest BCUT2D eigenvalue weighted by Crippen LogP contribution is -2.36. The molecule has 0 aliphatic heterocycles. The van der Waals surface area contributed by atoms with E-state index >= 15 is 0 Å². The summed E-state index contributed by atoms with van der Waals surface area (Å²) in [6, 6.07) is 0. The summed E-state index contributed by atoms with van der Waals surface area (Å²) in [4.78, 5) is 0. The van der Waals surface area contributed by atoms with Crippen LogP contribution in [0.2, 0.25) is 0 Å². The van der Waals surface area contributed by atoms with Gasteiger partial charge in [-0.3, -0.25) is 0 Å². The van der Waals surface area contributed by atoms with Gasteiger partial charge in [0.15, 0.2) is 0 Å². The van der Waals surface area contributed by atoms with Crippen LogP contribution in [0.1, 0.15) is 54.9 Å². The largest absolute Gasteiger partial charge is 0.390 e. The number of hydrogen-bond acceptors (Lipinski definition) is 3. The molecule has 0 aliphatic carbocycles. The van der Waals surface area contributed by atoms with E-state index in [-0.39, 0.29) is 11.7 Å². The molecule has 0 amide bonds. The van der Waals surface area contributed by atoms with Crippen molar-refractivity contribution >= 4 is 0 Å². The number of ether oxygens (including phenoxy) is 2. The SMILES string of the molecule is CC(COCCC(C)(C)O)OC(C)(C)C(C)C. The summed E-state index contributed by atoms with van der Waals surface area (Å²) in [6.07, 6.45) is 0.724. The first kappa shape index (κ1) is 16.9. The minimum Gasteiger partial charge on any atom is -0.390 e. The summed E-state index contributed by atoms with van der Waals surface area (Å²) in [6.45, 7) is 15.3. The summed E-state index contributed by atoms with van der Waals surface area (Å²) in [5, 5.41) is 9.53. The van der Waals surface area contributed by atoms with Crippen molar-refractivity contribution in [3.8, 4) is 0 Å². The van der Waals surface area contributed by atoms with Crippen molar-refractivity contribution in [3.63, 3.8) is 0 Å². The average Bonchev–Trinajstić information content (AvgIpc) is 2.10. The van der Waals surface area contributed by atoms with Gasteiger partial charge in [-0.2, -0.15) is 0 Å². The van der Waals surface area contributed by atoms with Gasteiger partial charge in [0.05, 0.1) is 23.9 Å². The van der Waals surface area contributed by atoms with Crippen LogP contribution < -0.4 is 0 Å². The van der Waals surface area contributed by atoms with Gasteiger partial charge in [-0.1, -0.05) is 13.8 Å². The van der Waals surface area contributed by atoms with E-state index in [9.17, 15) is 5.11 Å². The highest BCUT2D eigenvalue weighted by Crippen LogP contribution is 2.22. The Labute approximate surface area is 107 Å². The van der Waals surface area contributed by atoms with Crippen LogP contribution in [0.5, 0.6) is 0 Å². The Balaban J connectivity index is 3.77. The van der Waals surface area contributed by atoms with Crippen molar-refractivity contribution in [3.05, 3.63) is 0 Å². The highest BCUT2D eigenvalue weighted by molar-refractivity contribution is 4.74. The molecule has 1 atom stereocenters. The molecule has 0 aromatic carbocycles. The first-order valence-electron chi connectivity index (χ1n) is 6.52. The van der Waals surface area contributed by atoms with Crippen LogP contribution >= 0.6 is 0 Å². The highest BCUT2D eigenvalue weighted by Gasteiger charge is 2.25. The minimum atomic E-state index is -0.651. The summed E-state index contributed by atoms with van der Waals surface area (Å²) in [7, 11) is 0. The highest BCUT2D eigenvalue weighted by atomic mass is 16.5. The Kier molecular flexibility index (Phi) is 6.67. The molecule has 0 spiro atoms. The average molecular weight is 246 g/mol. The van der Waals surface area contributed by atoms with Gasteiger partial charge in [-0.15, -0.1) is 0 Å². The summed E-state index contributed by atoms with van der Waals surface area (Å²) >= 11 is 0. The summed E-state index contributed by atoms with van der Waals surface area (Å²) < 4.78 is 11.5. The first-order chi connectivity index (χ1) is 7.54. The lowest BCUT2D eigenvalue weighted by atomic mass is 9.94. The van der Waals surface area contributed by atoms with Gasteiger partial charge in [0.1, 0.15) is 0 Å². The second-order valence-corrected chi connectivity index (χ2v) is 6.32. The Hall–Kier alpha value is -0.120. The molecule has 0 aromatic heterocycles. The molecule has 0 saturated heterocycles. The molecule has 1 unspecified atom stereocenters. The van der Waals surface area contributed by atoms with E-state index in [1.54, 1.807) is 13.8 Å². The molecule has 104 valence electrons. The van der Waals surface area contributed by atoms with Crippen molar-refractivity contribution in [2.45, 2.75) is 72.2 Å². The third kappa shape index (κ3) is 8.58. The third-order valence-corrected chi connectivity index (χ3v) is 3.11. The fourth-order valence-corrected chi connectivity index (χ4v) is 1.26. The minimum absolute atomic E-state index is 0.0780. The lowest BCUT2D eigenvalue weighted by Gasteiger charge is -2.33. The number of rotatable bonds is 8. The van der Waals surface area contributed by atoms with Crippen molar-refractivity contribution in [2.75, 3.05) is 13.2 Å². The second-order valence-electron chi connectivity index (χ2n) is 6.32. The third-order valence-electron chi connectivity index (χ3n) is 3.11. The maximum atomic E-state index is 9.53. The molecule has 0 heterocycles. The van der Waals surface area contributed by atoms with Gasteiger partial charge in [0.2, 0.25) is 0 Å². The fraction of sp³-hybridized carbons (Fsp3) is 1.00. The predicted octanol–water partition coefficient (Wildman–Crippen LogP) is 3.00. The van der Waals surface area contributed by atoms with E-state index in [0.717, 1.165) is 0 Å². The Bertz CT molecular complexity index is 204. The van der Waals surface area contributed by atoms with Crippen molar-refractivity contribution in [1.29, 1.82) is 0 Å². The van der Waals surface area contributed by atoms with Crippen LogP contribution in [0.3, 0.4) is 0 Å². The van der Waals surface area contributed by atoms with E-state index in [2.05, 4.69) is 27.7 Å². The molecule has 0 rings (SSSR count). The molecule has 0 aliphatic rings. The molecule has 0 fully saturated rings. The molecular formula is C14H30O3. The number of aliphatic hydroxyl groups is 1. The normalized spacial score (nSPS) is 15.4. The maximum Gasteiger partial charge on any atom is 0.0787 e. The fourth-order valence-electron chi connectivity index (χ4n) is 1.26. The molecule has 0 radical (unpaired) electrons. The van der Waals surface area contributed by atoms with Crippen molar-refractivity contribution in [1.82, 2.24) is 0 Å². The van der Waals surface area contributed by atoms with Gasteiger partial charge in [-0.05, 0) is 47.0 Å². The second kappa shape index (κ2) is 6.72. The van der Waals surface area contributed by atoms with Gasteiger partial charge in [-0.25, -0.2) is 0 Å². The van der Waals surface area contributed by atoms with Crippen molar-refractivity contribution < 1.29 is 14.6 Å². The Morgan fingerprint density at radius 1 is 1.06 bits per heavy atom. The zero-order chi connectivity index (χ0) is 13.7. The summed E-state index contributed by atoms with van der Waals surface area (Å²) in [5.41, 5.74) is -0.777. The molecule has 0 saturated carbocycles. The van der Waals surface area contributed by atoms with Crippen LogP contribution in [0.15, 0.2) is 0 Å². The van der Waals surface area contributed by atoms with Crippen LogP contribution in [0.4, 0.5) is 0 Å². The van der Waals surface area contributed by atoms with E-state index in [1.165, 1.54) is 0 Å². The van der Waals surface area contributed by atoms with E-state index in [0.29, 0.717) is 25.6 Å². The standard InChI is InChI=1S/C14H30O3/c1-11(2)14(6,7)17-12(3)10-16-9-8-13(4,5)15/h11-12,15H,8-10H2,1-7H3. The molecule has 17 heavy (non-hydrogen) atoms. The molecule has 0 aromatic rings. The topological polar surface area (TPSA) is 38.7 Å². The van der Waals surface area contributed by atoms with Crippen LogP contribution in [0.25, 0.3) is 0 Å². The number of hydrogen-bond donors (Lipinski definition) is 1. The summed E-state index contributed by atoms with van der Waals surface area (Å²) in [5.74, 6) is 0.473. The lowest BCUT2D eigenvalue weighted by molar-refractivity contribution is -0.117. The van der Waals surface area contributed by atoms with Crippen LogP contribution in [0, 0.1) is 5.92 Å². The van der Waals surface area contributed by atoms with E-state index in [4.69, 9.17) is 9.47 Å². The van der Waals surface area contributed by atoms with E-state index < -0.39 is 5.60 Å². The van der Waals surface area contributed by atoms with Gasteiger partial charge in [0.25, 0.3) is 0 Å². The van der Waals surface area contributed by atoms with E-state index in [1.807, 2.05) is 6.92 Å². The molecule has 0 bridgehead atoms. The smallest absolute Gasteiger partial charge is 0.0787 e. The Morgan fingerprint density at radius 3 is 2.00 bits per heavy atom. The Morgan fingerprint density at radius 2 is 1.59 bits per heavy atom. The van der Waals surface area contributed by atoms with Gasteiger partial charge in [0, 0.05) is 6.61 Å². The quantitative estimate of drug-likeness (QED) is 0.669. The predicted molar refractivity (Wildman–Crippen MR) is 71.2 cm³/mol. The molecular weight excluding hydrogens is 216 g/mol. The molecule has 1 N–H and O–H groups in total. The van der Waals surface area contributed by atoms with Gasteiger partial charge >= 0.3 is 0 Å². The monoisotopic (exact) mass is 246 g/mol. The van der Waals surface area contributed by atoms with Crippen LogP contribution in [-0.2, 0) is 9.47 Å². The first-order valence-corrected chi connectivity index (χ1v) is 6.52. The molecule has 3 heteroatoms. The zero-order valence-corrected chi connectivity index (χ0v) is 12.5. The van der Waals surface area contributed by atoms with Crippen molar-refractivity contribution in [2.24, 2.45) is 5.92 Å². The van der Waals surface area contributed by atoms with Gasteiger partial charge < -0.3 is 14.6 Å². The maximum absolute atomic E-state index is 9.53. The molecule has 3 nitrogen and oxygen atoms in total. The van der Waals surface area contributed by atoms with Crippen LogP contribution in [-0.4, -0.2) is 35.6 Å².